The Morgan fingerprint density at radius 1 is 0.894 bits per heavy atom. The summed E-state index contributed by atoms with van der Waals surface area (Å²) in [6.45, 7) is 5.22. The second kappa shape index (κ2) is 15.8. The minimum atomic E-state index is -4.63. The average molecular weight is 736 g/mol. The second-order valence-corrected chi connectivity index (χ2v) is 13.9. The predicted octanol–water partition coefficient (Wildman–Crippen LogP) is 6.32. The molecule has 1 saturated heterocycles. The summed E-state index contributed by atoms with van der Waals surface area (Å²) in [5.74, 6) is -0.388. The van der Waals surface area contributed by atoms with Crippen LogP contribution in [0, 0.1) is 0 Å². The molecule has 3 aromatic rings. The van der Waals surface area contributed by atoms with E-state index in [0.29, 0.717) is 53.9 Å². The van der Waals surface area contributed by atoms with Crippen LogP contribution >= 0.6 is 35.6 Å². The normalized spacial score (nSPS) is 19.4. The number of rotatable bonds is 11. The number of ether oxygens (including phenoxy) is 1. The van der Waals surface area contributed by atoms with E-state index in [4.69, 9.17) is 32.9 Å². The standard InChI is InChI=1S/C32H35Cl2F3N4O4S.ClH/c1-2-45-28-21-24(32(35,36)37)7-12-27(28)31-38-29(22-3-8-25(33)9-4-22)30(23-5-10-26(34)11-6-23)41(31)46(43,44)20-18-40-15-13-39(14-16-40)17-19-42;/h3-12,21,29-30,42H,2,13-20H2,1H3;1H. The molecule has 0 bridgehead atoms. The molecule has 2 atom stereocenters. The first-order valence-electron chi connectivity index (χ1n) is 14.9. The van der Waals surface area contributed by atoms with Gasteiger partial charge in [0.2, 0.25) is 10.0 Å². The maximum Gasteiger partial charge on any atom is 0.416 e. The Morgan fingerprint density at radius 2 is 1.45 bits per heavy atom. The van der Waals surface area contributed by atoms with Crippen molar-refractivity contribution in [1.82, 2.24) is 14.1 Å². The lowest BCUT2D eigenvalue weighted by atomic mass is 9.95. The number of β-amino-alcohol motifs (C(OH)–C–C–N with tert-alkyl or cyclic N) is 1. The number of amidine groups is 1. The van der Waals surface area contributed by atoms with Gasteiger partial charge in [-0.15, -0.1) is 12.4 Å². The SMILES string of the molecule is CCOc1cc(C(F)(F)F)ccc1C1=NC(c2ccc(Cl)cc2)C(c2ccc(Cl)cc2)N1S(=O)(=O)CCN1CCN(CCO)CC1.Cl. The monoisotopic (exact) mass is 734 g/mol. The molecule has 0 saturated carbocycles. The van der Waals surface area contributed by atoms with Crippen LogP contribution < -0.4 is 4.74 Å². The fourth-order valence-electron chi connectivity index (χ4n) is 5.79. The summed E-state index contributed by atoms with van der Waals surface area (Å²) in [4.78, 5) is 9.09. The largest absolute Gasteiger partial charge is 0.493 e. The lowest BCUT2D eigenvalue weighted by Crippen LogP contribution is -2.49. The zero-order chi connectivity index (χ0) is 33.1. The van der Waals surface area contributed by atoms with E-state index in [1.54, 1.807) is 55.5 Å². The number of sulfonamides is 1. The number of aliphatic imine (C=N–C) groups is 1. The van der Waals surface area contributed by atoms with Crippen molar-refractivity contribution < 1.29 is 31.4 Å². The van der Waals surface area contributed by atoms with Crippen LogP contribution in [0.3, 0.4) is 0 Å². The Labute approximate surface area is 289 Å². The molecule has 15 heteroatoms. The third-order valence-electron chi connectivity index (χ3n) is 8.14. The second-order valence-electron chi connectivity index (χ2n) is 11.1. The van der Waals surface area contributed by atoms with Gasteiger partial charge >= 0.3 is 6.18 Å². The highest BCUT2D eigenvalue weighted by atomic mass is 35.5. The highest BCUT2D eigenvalue weighted by Gasteiger charge is 2.46. The summed E-state index contributed by atoms with van der Waals surface area (Å²) in [6.07, 6.45) is -4.63. The Bertz CT molecular complexity index is 1640. The lowest BCUT2D eigenvalue weighted by Gasteiger charge is -2.35. The van der Waals surface area contributed by atoms with Crippen molar-refractivity contribution in [2.75, 3.05) is 58.2 Å². The first-order chi connectivity index (χ1) is 21.9. The van der Waals surface area contributed by atoms with Crippen LogP contribution in [0.2, 0.25) is 10.0 Å². The number of hydrogen-bond acceptors (Lipinski definition) is 7. The number of piperazine rings is 1. The molecule has 2 unspecified atom stereocenters. The van der Waals surface area contributed by atoms with Crippen molar-refractivity contribution in [1.29, 1.82) is 0 Å². The summed E-state index contributed by atoms with van der Waals surface area (Å²) >= 11 is 12.4. The van der Waals surface area contributed by atoms with Gasteiger partial charge in [-0.3, -0.25) is 14.8 Å². The smallest absolute Gasteiger partial charge is 0.416 e. The zero-order valence-electron chi connectivity index (χ0n) is 25.5. The molecule has 256 valence electrons. The van der Waals surface area contributed by atoms with E-state index in [0.717, 1.165) is 12.1 Å². The number of halogens is 6. The van der Waals surface area contributed by atoms with Gasteiger partial charge in [-0.1, -0.05) is 47.5 Å². The van der Waals surface area contributed by atoms with Crippen molar-refractivity contribution in [2.24, 2.45) is 4.99 Å². The lowest BCUT2D eigenvalue weighted by molar-refractivity contribution is -0.137. The van der Waals surface area contributed by atoms with Gasteiger partial charge in [-0.05, 0) is 60.5 Å². The number of nitrogens with zero attached hydrogens (tertiary/aromatic N) is 4. The summed E-state index contributed by atoms with van der Waals surface area (Å²) < 4.78 is 77.1. The Balaban J connectivity index is 0.00000500. The highest BCUT2D eigenvalue weighted by molar-refractivity contribution is 7.89. The molecule has 3 aromatic carbocycles. The van der Waals surface area contributed by atoms with E-state index in [1.165, 1.54) is 10.4 Å². The first-order valence-corrected chi connectivity index (χ1v) is 17.3. The first kappa shape index (κ1) is 37.2. The number of hydrogen-bond donors (Lipinski definition) is 1. The van der Waals surface area contributed by atoms with Crippen molar-refractivity contribution >= 4 is 51.5 Å². The molecule has 0 radical (unpaired) electrons. The van der Waals surface area contributed by atoms with Crippen LogP contribution in [-0.4, -0.2) is 91.7 Å². The summed E-state index contributed by atoms with van der Waals surface area (Å²) in [5, 5.41) is 10.2. The van der Waals surface area contributed by atoms with E-state index in [1.807, 2.05) is 0 Å². The van der Waals surface area contributed by atoms with E-state index in [2.05, 4.69) is 9.80 Å². The molecule has 2 aliphatic heterocycles. The molecule has 0 aromatic heterocycles. The van der Waals surface area contributed by atoms with Gasteiger partial charge in [0.25, 0.3) is 0 Å². The third-order valence-corrected chi connectivity index (χ3v) is 10.3. The summed E-state index contributed by atoms with van der Waals surface area (Å²) in [6, 6.07) is 15.0. The molecular weight excluding hydrogens is 700 g/mol. The van der Waals surface area contributed by atoms with Gasteiger partial charge in [-0.25, -0.2) is 12.7 Å². The maximum absolute atomic E-state index is 14.5. The van der Waals surface area contributed by atoms with Crippen LogP contribution in [0.15, 0.2) is 71.7 Å². The third kappa shape index (κ3) is 8.72. The Hall–Kier alpha value is -2.58. The number of alkyl halides is 3. The Kier molecular flexibility index (Phi) is 12.5. The van der Waals surface area contributed by atoms with Crippen LogP contribution in [0.4, 0.5) is 13.2 Å². The molecule has 0 spiro atoms. The zero-order valence-corrected chi connectivity index (χ0v) is 28.7. The summed E-state index contributed by atoms with van der Waals surface area (Å²) in [7, 11) is -4.14. The van der Waals surface area contributed by atoms with Crippen LogP contribution in [0.1, 0.15) is 41.3 Å². The fraction of sp³-hybridized carbons (Fsp3) is 0.406. The molecular formula is C32H36Cl3F3N4O4S. The van der Waals surface area contributed by atoms with E-state index >= 15 is 0 Å². The van der Waals surface area contributed by atoms with Crippen LogP contribution in [-0.2, 0) is 16.2 Å². The number of aliphatic hydroxyl groups excluding tert-OH is 1. The number of benzene rings is 3. The quantitative estimate of drug-likeness (QED) is 0.248. The molecule has 2 heterocycles. The molecule has 0 aliphatic carbocycles. The van der Waals surface area contributed by atoms with Gasteiger partial charge in [0.1, 0.15) is 17.6 Å². The van der Waals surface area contributed by atoms with Gasteiger partial charge in [0, 0.05) is 49.3 Å². The minimum absolute atomic E-state index is 0. The van der Waals surface area contributed by atoms with Gasteiger partial charge in [-0.2, -0.15) is 13.2 Å². The minimum Gasteiger partial charge on any atom is -0.493 e. The van der Waals surface area contributed by atoms with Crippen LogP contribution in [0.25, 0.3) is 0 Å². The molecule has 5 rings (SSSR count). The van der Waals surface area contributed by atoms with Gasteiger partial charge < -0.3 is 9.84 Å². The van der Waals surface area contributed by atoms with Gasteiger partial charge in [0.15, 0.2) is 0 Å². The van der Waals surface area contributed by atoms with Crippen molar-refractivity contribution in [3.05, 3.63) is 99.0 Å². The fourth-order valence-corrected chi connectivity index (χ4v) is 7.72. The number of aliphatic hydroxyl groups is 1. The molecule has 8 nitrogen and oxygen atoms in total. The predicted molar refractivity (Wildman–Crippen MR) is 180 cm³/mol. The summed E-state index contributed by atoms with van der Waals surface area (Å²) in [5.41, 5.74) is 0.488. The molecule has 0 amide bonds. The van der Waals surface area contributed by atoms with E-state index < -0.39 is 33.8 Å². The highest BCUT2D eigenvalue weighted by Crippen LogP contribution is 2.47. The maximum atomic E-state index is 14.5. The molecule has 1 fully saturated rings. The van der Waals surface area contributed by atoms with Crippen molar-refractivity contribution in [2.45, 2.75) is 25.2 Å². The molecule has 2 aliphatic rings. The van der Waals surface area contributed by atoms with E-state index in [9.17, 15) is 26.7 Å². The van der Waals surface area contributed by atoms with Crippen molar-refractivity contribution in [3.63, 3.8) is 0 Å². The van der Waals surface area contributed by atoms with Gasteiger partial charge in [0.05, 0.1) is 36.1 Å². The molecule has 47 heavy (non-hydrogen) atoms. The Morgan fingerprint density at radius 3 is 1.98 bits per heavy atom. The van der Waals surface area contributed by atoms with Crippen molar-refractivity contribution in [3.8, 4) is 5.75 Å². The average Bonchev–Trinajstić information content (AvgIpc) is 3.43. The molecule has 1 N–H and O–H groups in total. The van der Waals surface area contributed by atoms with Crippen LogP contribution in [0.5, 0.6) is 5.75 Å². The van der Waals surface area contributed by atoms with E-state index in [-0.39, 0.29) is 55.1 Å². The topological polar surface area (TPSA) is 85.7 Å².